The standard InChI is InChI=1S/C15H19N3OS.HI/c1-16-15(17-2)18-10-13-8-9-14(20-13)11-4-6-12(19-3)7-5-11;/h4-9H,10H2,1-3H3,(H2,16,17,18);1H. The van der Waals surface area contributed by atoms with Crippen LogP contribution >= 0.6 is 35.3 Å². The number of halogens is 1. The van der Waals surface area contributed by atoms with E-state index in [1.165, 1.54) is 15.3 Å². The van der Waals surface area contributed by atoms with Crippen LogP contribution in [0.25, 0.3) is 10.4 Å². The minimum Gasteiger partial charge on any atom is -0.497 e. The zero-order valence-corrected chi connectivity index (χ0v) is 15.5. The summed E-state index contributed by atoms with van der Waals surface area (Å²) < 4.78 is 5.17. The van der Waals surface area contributed by atoms with E-state index in [1.807, 2.05) is 19.2 Å². The number of nitrogens with one attached hydrogen (secondary N) is 2. The summed E-state index contributed by atoms with van der Waals surface area (Å²) in [5.41, 5.74) is 1.21. The Morgan fingerprint density at radius 1 is 1.19 bits per heavy atom. The molecule has 1 aromatic heterocycles. The number of thiophene rings is 1. The molecule has 1 heterocycles. The summed E-state index contributed by atoms with van der Waals surface area (Å²) in [4.78, 5) is 6.62. The second-order valence-electron chi connectivity index (χ2n) is 4.17. The van der Waals surface area contributed by atoms with Crippen molar-refractivity contribution in [1.29, 1.82) is 0 Å². The van der Waals surface area contributed by atoms with E-state index < -0.39 is 0 Å². The summed E-state index contributed by atoms with van der Waals surface area (Å²) >= 11 is 1.78. The molecule has 0 aliphatic heterocycles. The van der Waals surface area contributed by atoms with E-state index in [1.54, 1.807) is 25.5 Å². The first-order valence-corrected chi connectivity index (χ1v) is 7.20. The average Bonchev–Trinajstić information content (AvgIpc) is 2.97. The molecule has 0 unspecified atom stereocenters. The molecule has 1 aromatic carbocycles. The van der Waals surface area contributed by atoms with E-state index >= 15 is 0 Å². The van der Waals surface area contributed by atoms with Crippen molar-refractivity contribution in [3.8, 4) is 16.2 Å². The van der Waals surface area contributed by atoms with E-state index in [9.17, 15) is 0 Å². The van der Waals surface area contributed by atoms with Crippen molar-refractivity contribution in [3.05, 3.63) is 41.3 Å². The lowest BCUT2D eigenvalue weighted by Crippen LogP contribution is -2.33. The van der Waals surface area contributed by atoms with Crippen LogP contribution in [0.5, 0.6) is 5.75 Å². The number of guanidine groups is 1. The minimum atomic E-state index is 0. The van der Waals surface area contributed by atoms with Gasteiger partial charge in [0.1, 0.15) is 5.75 Å². The largest absolute Gasteiger partial charge is 0.497 e. The quantitative estimate of drug-likeness (QED) is 0.456. The summed E-state index contributed by atoms with van der Waals surface area (Å²) in [6.45, 7) is 0.772. The molecule has 2 aromatic rings. The van der Waals surface area contributed by atoms with Gasteiger partial charge in [0.25, 0.3) is 0 Å². The predicted molar refractivity (Wildman–Crippen MR) is 101 cm³/mol. The molecule has 0 aliphatic carbocycles. The Bertz CT molecular complexity index is 581. The maximum Gasteiger partial charge on any atom is 0.191 e. The zero-order chi connectivity index (χ0) is 14.4. The normalized spacial score (nSPS) is 10.7. The van der Waals surface area contributed by atoms with E-state index in [-0.39, 0.29) is 24.0 Å². The maximum atomic E-state index is 5.17. The molecule has 0 bridgehead atoms. The van der Waals surface area contributed by atoms with Gasteiger partial charge in [-0.05, 0) is 42.0 Å². The monoisotopic (exact) mass is 417 g/mol. The van der Waals surface area contributed by atoms with Crippen LogP contribution in [-0.2, 0) is 6.54 Å². The number of hydrogen-bond donors (Lipinski definition) is 2. The predicted octanol–water partition coefficient (Wildman–Crippen LogP) is 3.34. The Labute approximate surface area is 146 Å². The Morgan fingerprint density at radius 2 is 1.90 bits per heavy atom. The molecule has 6 heteroatoms. The van der Waals surface area contributed by atoms with Crippen molar-refractivity contribution in [1.82, 2.24) is 10.6 Å². The third-order valence-electron chi connectivity index (χ3n) is 2.93. The lowest BCUT2D eigenvalue weighted by Gasteiger charge is -2.06. The van der Waals surface area contributed by atoms with Gasteiger partial charge in [0.05, 0.1) is 13.7 Å². The highest BCUT2D eigenvalue weighted by molar-refractivity contribution is 14.0. The first-order chi connectivity index (χ1) is 9.76. The SMILES string of the molecule is CN=C(NC)NCc1ccc(-c2ccc(OC)cc2)s1.I. The molecule has 0 fully saturated rings. The second kappa shape index (κ2) is 8.89. The molecule has 0 radical (unpaired) electrons. The number of rotatable bonds is 4. The Morgan fingerprint density at radius 3 is 2.48 bits per heavy atom. The van der Waals surface area contributed by atoms with Gasteiger partial charge in [-0.1, -0.05) is 0 Å². The molecule has 0 spiro atoms. The number of benzene rings is 1. The first-order valence-electron chi connectivity index (χ1n) is 6.38. The summed E-state index contributed by atoms with van der Waals surface area (Å²) in [5.74, 6) is 1.68. The van der Waals surface area contributed by atoms with Crippen molar-refractivity contribution in [2.75, 3.05) is 21.2 Å². The van der Waals surface area contributed by atoms with Crippen molar-refractivity contribution in [3.63, 3.8) is 0 Å². The molecule has 114 valence electrons. The maximum absolute atomic E-state index is 5.17. The Kier molecular flexibility index (Phi) is 7.52. The molecule has 0 aliphatic rings. The van der Waals surface area contributed by atoms with Crippen LogP contribution in [0.4, 0.5) is 0 Å². The summed E-state index contributed by atoms with van der Waals surface area (Å²) in [6.07, 6.45) is 0. The van der Waals surface area contributed by atoms with Crippen LogP contribution in [0.15, 0.2) is 41.4 Å². The van der Waals surface area contributed by atoms with E-state index in [0.717, 1.165) is 18.3 Å². The van der Waals surface area contributed by atoms with Crippen LogP contribution in [0, 0.1) is 0 Å². The molecule has 0 amide bonds. The van der Waals surface area contributed by atoms with Gasteiger partial charge in [0, 0.05) is 23.8 Å². The summed E-state index contributed by atoms with van der Waals surface area (Å²) in [6, 6.07) is 12.4. The fourth-order valence-corrected chi connectivity index (χ4v) is 2.79. The highest BCUT2D eigenvalue weighted by atomic mass is 127. The third-order valence-corrected chi connectivity index (χ3v) is 4.06. The van der Waals surface area contributed by atoms with Gasteiger partial charge in [0.15, 0.2) is 5.96 Å². The molecule has 2 rings (SSSR count). The fraction of sp³-hybridized carbons (Fsp3) is 0.267. The molecule has 0 atom stereocenters. The van der Waals surface area contributed by atoms with Crippen molar-refractivity contribution in [2.45, 2.75) is 6.54 Å². The van der Waals surface area contributed by atoms with Crippen molar-refractivity contribution in [2.24, 2.45) is 4.99 Å². The number of aliphatic imine (C=N–C) groups is 1. The number of ether oxygens (including phenoxy) is 1. The van der Waals surface area contributed by atoms with Crippen molar-refractivity contribution >= 4 is 41.3 Å². The van der Waals surface area contributed by atoms with Crippen LogP contribution < -0.4 is 15.4 Å². The molecule has 21 heavy (non-hydrogen) atoms. The van der Waals surface area contributed by atoms with Gasteiger partial charge in [-0.15, -0.1) is 35.3 Å². The van der Waals surface area contributed by atoms with E-state index in [2.05, 4.69) is 39.9 Å². The van der Waals surface area contributed by atoms with Gasteiger partial charge in [-0.2, -0.15) is 0 Å². The highest BCUT2D eigenvalue weighted by Crippen LogP contribution is 2.29. The van der Waals surface area contributed by atoms with E-state index in [4.69, 9.17) is 4.74 Å². The van der Waals surface area contributed by atoms with Crippen molar-refractivity contribution < 1.29 is 4.74 Å². The molecule has 0 saturated heterocycles. The van der Waals surface area contributed by atoms with Gasteiger partial charge in [-0.3, -0.25) is 4.99 Å². The van der Waals surface area contributed by atoms with Crippen LogP contribution in [0.2, 0.25) is 0 Å². The topological polar surface area (TPSA) is 45.7 Å². The molecule has 4 nitrogen and oxygen atoms in total. The van der Waals surface area contributed by atoms with Gasteiger partial charge in [0.2, 0.25) is 0 Å². The van der Waals surface area contributed by atoms with Crippen LogP contribution in [0.3, 0.4) is 0 Å². The number of hydrogen-bond acceptors (Lipinski definition) is 3. The van der Waals surface area contributed by atoms with Crippen LogP contribution in [-0.4, -0.2) is 27.2 Å². The minimum absolute atomic E-state index is 0. The van der Waals surface area contributed by atoms with Gasteiger partial charge < -0.3 is 15.4 Å². The zero-order valence-electron chi connectivity index (χ0n) is 12.3. The van der Waals surface area contributed by atoms with E-state index in [0.29, 0.717) is 0 Å². The van der Waals surface area contributed by atoms with Gasteiger partial charge >= 0.3 is 0 Å². The van der Waals surface area contributed by atoms with Crippen LogP contribution in [0.1, 0.15) is 4.88 Å². The molecule has 0 saturated carbocycles. The molecular weight excluding hydrogens is 397 g/mol. The third kappa shape index (κ3) is 4.89. The lowest BCUT2D eigenvalue weighted by molar-refractivity contribution is 0.415. The smallest absolute Gasteiger partial charge is 0.191 e. The Balaban J connectivity index is 0.00000220. The summed E-state index contributed by atoms with van der Waals surface area (Å²) in [5, 5.41) is 6.25. The number of methoxy groups -OCH3 is 1. The summed E-state index contributed by atoms with van der Waals surface area (Å²) in [7, 11) is 5.29. The van der Waals surface area contributed by atoms with Gasteiger partial charge in [-0.25, -0.2) is 0 Å². The second-order valence-corrected chi connectivity index (χ2v) is 5.34. The highest BCUT2D eigenvalue weighted by Gasteiger charge is 2.04. The Hall–Kier alpha value is -1.28. The average molecular weight is 417 g/mol. The number of nitrogens with zero attached hydrogens (tertiary/aromatic N) is 1. The first kappa shape index (κ1) is 17.8. The lowest BCUT2D eigenvalue weighted by atomic mass is 10.2. The molecular formula is C15H20IN3OS. The fourth-order valence-electron chi connectivity index (χ4n) is 1.83. The molecule has 2 N–H and O–H groups in total.